The molecule has 0 aromatic heterocycles. The number of nitrogens with one attached hydrogen (secondary N) is 1. The van der Waals surface area contributed by atoms with Gasteiger partial charge in [-0.05, 0) is 33.6 Å². The standard InChI is InChI=1S/C10H19NO3S/c1-10(2,3)14-9(13)11-6-4-7(12)8(15)5-6/h6-8,12,15H,4-5H2,1-3H3,(H,11,13)/t6-,7-,8-/m0/s1. The lowest BCUT2D eigenvalue weighted by Gasteiger charge is -2.21. The number of hydrogen-bond donors (Lipinski definition) is 3. The second-order valence-electron chi connectivity index (χ2n) is 4.95. The van der Waals surface area contributed by atoms with E-state index in [1.165, 1.54) is 0 Å². The lowest BCUT2D eigenvalue weighted by molar-refractivity contribution is 0.0502. The van der Waals surface area contributed by atoms with Gasteiger partial charge in [-0.15, -0.1) is 0 Å². The summed E-state index contributed by atoms with van der Waals surface area (Å²) in [6.45, 7) is 5.45. The van der Waals surface area contributed by atoms with Gasteiger partial charge >= 0.3 is 6.09 Å². The Morgan fingerprint density at radius 2 is 2.07 bits per heavy atom. The van der Waals surface area contributed by atoms with Gasteiger partial charge in [0.25, 0.3) is 0 Å². The molecule has 0 radical (unpaired) electrons. The molecule has 1 aliphatic rings. The quantitative estimate of drug-likeness (QED) is 0.599. The van der Waals surface area contributed by atoms with Crippen LogP contribution in [-0.2, 0) is 4.74 Å². The minimum atomic E-state index is -0.484. The molecule has 1 amide bonds. The van der Waals surface area contributed by atoms with E-state index in [0.29, 0.717) is 12.8 Å². The van der Waals surface area contributed by atoms with Crippen LogP contribution in [0, 0.1) is 0 Å². The number of rotatable bonds is 1. The van der Waals surface area contributed by atoms with E-state index in [2.05, 4.69) is 17.9 Å². The molecule has 0 saturated heterocycles. The molecule has 0 aromatic rings. The number of thiol groups is 1. The van der Waals surface area contributed by atoms with E-state index in [9.17, 15) is 9.90 Å². The molecule has 0 aromatic carbocycles. The molecule has 0 heterocycles. The highest BCUT2D eigenvalue weighted by Gasteiger charge is 2.32. The van der Waals surface area contributed by atoms with Crippen molar-refractivity contribution in [3.63, 3.8) is 0 Å². The zero-order valence-electron chi connectivity index (χ0n) is 9.36. The minimum Gasteiger partial charge on any atom is -0.444 e. The van der Waals surface area contributed by atoms with Crippen LogP contribution in [0.2, 0.25) is 0 Å². The topological polar surface area (TPSA) is 58.6 Å². The van der Waals surface area contributed by atoms with E-state index in [1.54, 1.807) is 0 Å². The second-order valence-corrected chi connectivity index (χ2v) is 5.61. The SMILES string of the molecule is CC(C)(C)OC(=O)N[C@H]1C[C@H](O)[C@@H](S)C1. The first-order chi connectivity index (χ1) is 6.78. The molecule has 5 heteroatoms. The molecule has 0 aliphatic heterocycles. The Hall–Kier alpha value is -0.420. The third-order valence-electron chi connectivity index (χ3n) is 2.22. The highest BCUT2D eigenvalue weighted by atomic mass is 32.1. The number of ether oxygens (including phenoxy) is 1. The largest absolute Gasteiger partial charge is 0.444 e. The highest BCUT2D eigenvalue weighted by Crippen LogP contribution is 2.24. The molecule has 3 atom stereocenters. The highest BCUT2D eigenvalue weighted by molar-refractivity contribution is 7.81. The maximum Gasteiger partial charge on any atom is 0.407 e. The number of hydrogen-bond acceptors (Lipinski definition) is 4. The fourth-order valence-corrected chi connectivity index (χ4v) is 1.96. The van der Waals surface area contributed by atoms with Gasteiger partial charge in [0, 0.05) is 11.3 Å². The predicted molar refractivity (Wildman–Crippen MR) is 61.2 cm³/mol. The van der Waals surface area contributed by atoms with E-state index in [-0.39, 0.29) is 11.3 Å². The molecule has 2 N–H and O–H groups in total. The van der Waals surface area contributed by atoms with Gasteiger partial charge in [-0.3, -0.25) is 0 Å². The van der Waals surface area contributed by atoms with Gasteiger partial charge in [0.15, 0.2) is 0 Å². The number of carbonyl (C=O) groups is 1. The fraction of sp³-hybridized carbons (Fsp3) is 0.900. The van der Waals surface area contributed by atoms with Crippen molar-refractivity contribution < 1.29 is 14.6 Å². The molecule has 88 valence electrons. The molecule has 1 fully saturated rings. The lowest BCUT2D eigenvalue weighted by atomic mass is 10.2. The van der Waals surface area contributed by atoms with Gasteiger partial charge in [0.1, 0.15) is 5.60 Å². The summed E-state index contributed by atoms with van der Waals surface area (Å²) in [7, 11) is 0. The van der Waals surface area contributed by atoms with Crippen molar-refractivity contribution in [1.29, 1.82) is 0 Å². The first kappa shape index (κ1) is 12.6. The molecule has 1 rings (SSSR count). The zero-order valence-corrected chi connectivity index (χ0v) is 10.3. The number of carbonyl (C=O) groups excluding carboxylic acids is 1. The molecular weight excluding hydrogens is 214 g/mol. The summed E-state index contributed by atoms with van der Waals surface area (Å²) >= 11 is 4.21. The van der Waals surface area contributed by atoms with Crippen molar-refractivity contribution in [1.82, 2.24) is 5.32 Å². The third-order valence-corrected chi connectivity index (χ3v) is 2.77. The summed E-state index contributed by atoms with van der Waals surface area (Å²) in [6.07, 6.45) is 0.368. The van der Waals surface area contributed by atoms with Crippen LogP contribution >= 0.6 is 12.6 Å². The Labute approximate surface area is 95.8 Å². The summed E-state index contributed by atoms with van der Waals surface area (Å²) in [4.78, 5) is 11.4. The zero-order chi connectivity index (χ0) is 11.6. The Morgan fingerprint density at radius 3 is 2.47 bits per heavy atom. The van der Waals surface area contributed by atoms with Crippen LogP contribution in [-0.4, -0.2) is 34.2 Å². The minimum absolute atomic E-state index is 0.0302. The third kappa shape index (κ3) is 4.30. The van der Waals surface area contributed by atoms with E-state index in [4.69, 9.17) is 4.74 Å². The normalized spacial score (nSPS) is 31.4. The van der Waals surface area contributed by atoms with Gasteiger partial charge in [-0.2, -0.15) is 12.6 Å². The van der Waals surface area contributed by atoms with Crippen LogP contribution < -0.4 is 5.32 Å². The second kappa shape index (κ2) is 4.61. The van der Waals surface area contributed by atoms with Crippen LogP contribution in [0.5, 0.6) is 0 Å². The van der Waals surface area contributed by atoms with Crippen molar-refractivity contribution in [2.75, 3.05) is 0 Å². The molecule has 1 aliphatic carbocycles. The fourth-order valence-electron chi connectivity index (χ4n) is 1.59. The van der Waals surface area contributed by atoms with E-state index in [1.807, 2.05) is 20.8 Å². The summed E-state index contributed by atoms with van der Waals surface area (Å²) in [6, 6.07) is -0.0302. The number of amides is 1. The number of alkyl carbamates (subject to hydrolysis) is 1. The molecule has 0 unspecified atom stereocenters. The van der Waals surface area contributed by atoms with Crippen molar-refractivity contribution in [3.05, 3.63) is 0 Å². The van der Waals surface area contributed by atoms with Gasteiger partial charge in [-0.25, -0.2) is 4.79 Å². The van der Waals surface area contributed by atoms with Crippen molar-refractivity contribution >= 4 is 18.7 Å². The molecule has 15 heavy (non-hydrogen) atoms. The van der Waals surface area contributed by atoms with Crippen molar-refractivity contribution in [2.24, 2.45) is 0 Å². The van der Waals surface area contributed by atoms with E-state index in [0.717, 1.165) is 0 Å². The van der Waals surface area contributed by atoms with Crippen LogP contribution in [0.15, 0.2) is 0 Å². The molecule has 0 spiro atoms. The predicted octanol–water partition coefficient (Wildman–Crippen LogP) is 1.33. The van der Waals surface area contributed by atoms with Gasteiger partial charge in [0.2, 0.25) is 0 Å². The number of aliphatic hydroxyl groups excluding tert-OH is 1. The number of aliphatic hydroxyl groups is 1. The van der Waals surface area contributed by atoms with Gasteiger partial charge in [-0.1, -0.05) is 0 Å². The first-order valence-electron chi connectivity index (χ1n) is 5.13. The van der Waals surface area contributed by atoms with Gasteiger partial charge in [0.05, 0.1) is 6.10 Å². The van der Waals surface area contributed by atoms with Gasteiger partial charge < -0.3 is 15.2 Å². The average molecular weight is 233 g/mol. The summed E-state index contributed by atoms with van der Waals surface area (Å²) in [5.74, 6) is 0. The summed E-state index contributed by atoms with van der Waals surface area (Å²) in [5.41, 5.74) is -0.484. The molecular formula is C10H19NO3S. The van der Waals surface area contributed by atoms with Crippen LogP contribution in [0.1, 0.15) is 33.6 Å². The van der Waals surface area contributed by atoms with E-state index >= 15 is 0 Å². The van der Waals surface area contributed by atoms with Crippen molar-refractivity contribution in [3.8, 4) is 0 Å². The Morgan fingerprint density at radius 1 is 1.47 bits per heavy atom. The summed E-state index contributed by atoms with van der Waals surface area (Å²) < 4.78 is 5.11. The lowest BCUT2D eigenvalue weighted by Crippen LogP contribution is -2.38. The van der Waals surface area contributed by atoms with Crippen LogP contribution in [0.4, 0.5) is 4.79 Å². The van der Waals surface area contributed by atoms with E-state index < -0.39 is 17.8 Å². The summed E-state index contributed by atoms with van der Waals surface area (Å²) in [5, 5.41) is 12.1. The Bertz CT molecular complexity index is 229. The monoisotopic (exact) mass is 233 g/mol. The van der Waals surface area contributed by atoms with Crippen LogP contribution in [0.3, 0.4) is 0 Å². The maximum absolute atomic E-state index is 11.4. The first-order valence-corrected chi connectivity index (χ1v) is 5.65. The smallest absolute Gasteiger partial charge is 0.407 e. The molecule has 4 nitrogen and oxygen atoms in total. The average Bonchev–Trinajstić information content (AvgIpc) is 2.26. The molecule has 1 saturated carbocycles. The van der Waals surface area contributed by atoms with Crippen LogP contribution in [0.25, 0.3) is 0 Å². The molecule has 0 bridgehead atoms. The maximum atomic E-state index is 11.4. The van der Waals surface area contributed by atoms with Crippen molar-refractivity contribution in [2.45, 2.75) is 56.6 Å². The Balaban J connectivity index is 2.34. The Kier molecular flexibility index (Phi) is 3.89.